The molecule has 0 N–H and O–H groups in total. The highest BCUT2D eigenvalue weighted by Gasteiger charge is 2.32. The van der Waals surface area contributed by atoms with Gasteiger partial charge in [0.05, 0.1) is 0 Å². The zero-order valence-corrected chi connectivity index (χ0v) is 21.3. The molecule has 0 saturated heterocycles. The standard InChI is InChI=1S/C31H40/c1-19-15-22(30(5,6)7)18-24(19)23-13-14-27(31(8,9)10)28-25-17-21(29(2,3)4)12-11-20(25)16-26(23)28/h11-15,17-19H,16H2,1-10H3. The third kappa shape index (κ3) is 3.84. The van der Waals surface area contributed by atoms with Crippen LogP contribution in [0, 0.1) is 11.3 Å². The van der Waals surface area contributed by atoms with Crippen molar-refractivity contribution in [2.45, 2.75) is 86.5 Å². The van der Waals surface area contributed by atoms with Crippen molar-refractivity contribution in [1.82, 2.24) is 0 Å². The van der Waals surface area contributed by atoms with Crippen molar-refractivity contribution in [3.63, 3.8) is 0 Å². The van der Waals surface area contributed by atoms with E-state index in [0.717, 1.165) is 6.42 Å². The molecule has 2 aromatic rings. The summed E-state index contributed by atoms with van der Waals surface area (Å²) in [6.07, 6.45) is 5.99. The van der Waals surface area contributed by atoms with Crippen LogP contribution in [0.1, 0.15) is 97.1 Å². The number of allylic oxidation sites excluding steroid dienone is 4. The third-order valence-corrected chi connectivity index (χ3v) is 7.14. The Balaban J connectivity index is 1.94. The van der Waals surface area contributed by atoms with Gasteiger partial charge < -0.3 is 0 Å². The van der Waals surface area contributed by atoms with Crippen molar-refractivity contribution in [1.29, 1.82) is 0 Å². The number of hydrogen-bond donors (Lipinski definition) is 0. The van der Waals surface area contributed by atoms with Gasteiger partial charge in [-0.15, -0.1) is 0 Å². The molecule has 4 rings (SSSR count). The van der Waals surface area contributed by atoms with Gasteiger partial charge in [0, 0.05) is 5.92 Å². The summed E-state index contributed by atoms with van der Waals surface area (Å²) in [5.41, 5.74) is 13.8. The molecule has 0 radical (unpaired) electrons. The molecule has 2 aliphatic carbocycles. The van der Waals surface area contributed by atoms with Crippen molar-refractivity contribution in [3.8, 4) is 11.1 Å². The predicted molar refractivity (Wildman–Crippen MR) is 137 cm³/mol. The zero-order valence-electron chi connectivity index (χ0n) is 21.3. The van der Waals surface area contributed by atoms with E-state index >= 15 is 0 Å². The minimum Gasteiger partial charge on any atom is -0.0735 e. The maximum absolute atomic E-state index is 2.48. The lowest BCUT2D eigenvalue weighted by Crippen LogP contribution is -2.14. The lowest BCUT2D eigenvalue weighted by atomic mass is 9.78. The molecule has 0 amide bonds. The van der Waals surface area contributed by atoms with Gasteiger partial charge in [-0.3, -0.25) is 0 Å². The lowest BCUT2D eigenvalue weighted by Gasteiger charge is -2.26. The summed E-state index contributed by atoms with van der Waals surface area (Å²) in [5, 5.41) is 0. The van der Waals surface area contributed by atoms with E-state index < -0.39 is 0 Å². The molecule has 0 nitrogen and oxygen atoms in total. The molecule has 0 heterocycles. The van der Waals surface area contributed by atoms with Crippen molar-refractivity contribution in [2.75, 3.05) is 0 Å². The second-order valence-electron chi connectivity index (χ2n) is 12.8. The van der Waals surface area contributed by atoms with E-state index in [1.807, 2.05) is 0 Å². The molecule has 0 saturated carbocycles. The Hall–Kier alpha value is -2.08. The zero-order chi connectivity index (χ0) is 22.9. The van der Waals surface area contributed by atoms with Gasteiger partial charge in [-0.05, 0) is 72.8 Å². The van der Waals surface area contributed by atoms with Crippen LogP contribution in [0.15, 0.2) is 48.1 Å². The Bertz CT molecular complexity index is 1100. The highest BCUT2D eigenvalue weighted by molar-refractivity contribution is 5.88. The Morgan fingerprint density at radius 3 is 1.97 bits per heavy atom. The molecule has 0 fully saturated rings. The van der Waals surface area contributed by atoms with Crippen LogP contribution in [-0.4, -0.2) is 0 Å². The number of hydrogen-bond acceptors (Lipinski definition) is 0. The highest BCUT2D eigenvalue weighted by atomic mass is 14.4. The lowest BCUT2D eigenvalue weighted by molar-refractivity contribution is 0.516. The van der Waals surface area contributed by atoms with E-state index in [1.54, 1.807) is 0 Å². The molecule has 0 spiro atoms. The topological polar surface area (TPSA) is 0 Å². The van der Waals surface area contributed by atoms with Crippen LogP contribution >= 0.6 is 0 Å². The van der Waals surface area contributed by atoms with Crippen molar-refractivity contribution in [2.24, 2.45) is 11.3 Å². The van der Waals surface area contributed by atoms with E-state index in [0.29, 0.717) is 5.92 Å². The quantitative estimate of drug-likeness (QED) is 0.374. The van der Waals surface area contributed by atoms with Crippen molar-refractivity contribution >= 4 is 5.57 Å². The van der Waals surface area contributed by atoms with Crippen molar-refractivity contribution < 1.29 is 0 Å². The van der Waals surface area contributed by atoms with Crippen LogP contribution in [-0.2, 0) is 17.3 Å². The van der Waals surface area contributed by atoms with Crippen LogP contribution in [0.4, 0.5) is 0 Å². The molecule has 0 heteroatoms. The number of fused-ring (bicyclic) bond motifs is 3. The second kappa shape index (κ2) is 6.96. The average molecular weight is 413 g/mol. The smallest absolute Gasteiger partial charge is 0.000173 e. The minimum absolute atomic E-state index is 0.118. The minimum atomic E-state index is 0.118. The summed E-state index contributed by atoms with van der Waals surface area (Å²) >= 11 is 0. The number of rotatable bonds is 1. The summed E-state index contributed by atoms with van der Waals surface area (Å²) in [7, 11) is 0. The summed E-state index contributed by atoms with van der Waals surface area (Å²) in [5.74, 6) is 0.465. The van der Waals surface area contributed by atoms with E-state index in [9.17, 15) is 0 Å². The number of benzene rings is 2. The van der Waals surface area contributed by atoms with Crippen molar-refractivity contribution in [3.05, 3.63) is 75.9 Å². The van der Waals surface area contributed by atoms with Gasteiger partial charge in [0.25, 0.3) is 0 Å². The molecule has 0 aromatic heterocycles. The van der Waals surface area contributed by atoms with Gasteiger partial charge in [0.2, 0.25) is 0 Å². The van der Waals surface area contributed by atoms with Crippen LogP contribution < -0.4 is 0 Å². The summed E-state index contributed by atoms with van der Waals surface area (Å²) in [6.45, 7) is 23.3. The summed E-state index contributed by atoms with van der Waals surface area (Å²) in [4.78, 5) is 0. The first-order chi connectivity index (χ1) is 14.2. The molecule has 1 unspecified atom stereocenters. The maximum Gasteiger partial charge on any atom is 0.000173 e. The van der Waals surface area contributed by atoms with Gasteiger partial charge in [-0.2, -0.15) is 0 Å². The van der Waals surface area contributed by atoms with Crippen LogP contribution in [0.5, 0.6) is 0 Å². The largest absolute Gasteiger partial charge is 0.0735 e. The molecular weight excluding hydrogens is 372 g/mol. The molecule has 0 aliphatic heterocycles. The summed E-state index contributed by atoms with van der Waals surface area (Å²) < 4.78 is 0. The van der Waals surface area contributed by atoms with E-state index in [4.69, 9.17) is 0 Å². The first-order valence-corrected chi connectivity index (χ1v) is 11.9. The Labute approximate surface area is 190 Å². The first kappa shape index (κ1) is 22.1. The predicted octanol–water partition coefficient (Wildman–Crippen LogP) is 8.86. The third-order valence-electron chi connectivity index (χ3n) is 7.14. The molecule has 31 heavy (non-hydrogen) atoms. The van der Waals surface area contributed by atoms with E-state index in [2.05, 4.69) is 112 Å². The fourth-order valence-electron chi connectivity index (χ4n) is 5.15. The Morgan fingerprint density at radius 2 is 1.42 bits per heavy atom. The van der Waals surface area contributed by atoms with Gasteiger partial charge in [-0.1, -0.05) is 112 Å². The van der Waals surface area contributed by atoms with Crippen LogP contribution in [0.2, 0.25) is 0 Å². The maximum atomic E-state index is 2.48. The SMILES string of the molecule is CC1C=C(C(C)(C)C)C=C1c1ccc(C(C)(C)C)c2c1Cc1ccc(C(C)(C)C)cc1-2. The summed E-state index contributed by atoms with van der Waals surface area (Å²) in [6, 6.07) is 12.0. The van der Waals surface area contributed by atoms with Gasteiger partial charge in [-0.25, -0.2) is 0 Å². The molecule has 2 aliphatic rings. The van der Waals surface area contributed by atoms with Gasteiger partial charge in [0.15, 0.2) is 0 Å². The van der Waals surface area contributed by atoms with Crippen LogP contribution in [0.25, 0.3) is 16.7 Å². The highest BCUT2D eigenvalue weighted by Crippen LogP contribution is 2.49. The molecule has 0 bridgehead atoms. The molecule has 164 valence electrons. The van der Waals surface area contributed by atoms with Gasteiger partial charge >= 0.3 is 0 Å². The Morgan fingerprint density at radius 1 is 0.742 bits per heavy atom. The molecule has 1 atom stereocenters. The van der Waals surface area contributed by atoms with E-state index in [-0.39, 0.29) is 16.2 Å². The van der Waals surface area contributed by atoms with Gasteiger partial charge in [0.1, 0.15) is 0 Å². The first-order valence-electron chi connectivity index (χ1n) is 11.9. The fraction of sp³-hybridized carbons (Fsp3) is 0.484. The second-order valence-corrected chi connectivity index (χ2v) is 12.8. The Kier molecular flexibility index (Phi) is 4.97. The van der Waals surface area contributed by atoms with E-state index in [1.165, 1.54) is 50.1 Å². The molecular formula is C31H40. The fourth-order valence-corrected chi connectivity index (χ4v) is 5.15. The van der Waals surface area contributed by atoms with Crippen LogP contribution in [0.3, 0.4) is 0 Å². The average Bonchev–Trinajstić information content (AvgIpc) is 3.19. The normalized spacial score (nSPS) is 18.6. The molecule has 2 aromatic carbocycles. The monoisotopic (exact) mass is 412 g/mol.